The molecule has 0 bridgehead atoms. The van der Waals surface area contributed by atoms with Gasteiger partial charge in [-0.2, -0.15) is 0 Å². The van der Waals surface area contributed by atoms with Crippen LogP contribution in [-0.4, -0.2) is 0 Å². The normalized spacial score (nSPS) is 11.5. The first-order valence-corrected chi connectivity index (χ1v) is 18.0. The minimum atomic E-state index is 0.595. The maximum atomic E-state index is 7.60. The number of rotatable bonds is 6. The number of benzene rings is 7. The third-order valence-corrected chi connectivity index (χ3v) is 11.6. The SMILES string of the molecule is Clc1cc(N(c2ccccc2)c2ccc3c(c2)sc2ccccc23)c(Cl)c(N(c2ccccc2)c2ccc3c(c2)sc2ccccc23)c1. The minimum Gasteiger partial charge on any atom is -0.309 e. The number of hydrogen-bond acceptors (Lipinski definition) is 4. The van der Waals surface area contributed by atoms with Gasteiger partial charge < -0.3 is 9.80 Å². The minimum absolute atomic E-state index is 0.595. The van der Waals surface area contributed by atoms with Crippen LogP contribution in [0, 0.1) is 0 Å². The van der Waals surface area contributed by atoms with Crippen molar-refractivity contribution in [1.82, 2.24) is 0 Å². The van der Waals surface area contributed by atoms with Crippen molar-refractivity contribution in [2.75, 3.05) is 9.80 Å². The lowest BCUT2D eigenvalue weighted by Gasteiger charge is -2.31. The summed E-state index contributed by atoms with van der Waals surface area (Å²) in [6.07, 6.45) is 0. The number of thiophene rings is 2. The third-order valence-electron chi connectivity index (χ3n) is 8.75. The van der Waals surface area contributed by atoms with Crippen LogP contribution in [0.5, 0.6) is 0 Å². The Morgan fingerprint density at radius 1 is 0.354 bits per heavy atom. The lowest BCUT2D eigenvalue weighted by atomic mass is 10.1. The van der Waals surface area contributed by atoms with Crippen LogP contribution in [0.1, 0.15) is 0 Å². The molecule has 0 saturated heterocycles. The quantitative estimate of drug-likeness (QED) is 0.171. The molecular formula is C42H26Cl2N2S2. The highest BCUT2D eigenvalue weighted by molar-refractivity contribution is 7.26. The van der Waals surface area contributed by atoms with Gasteiger partial charge in [-0.3, -0.25) is 0 Å². The average Bonchev–Trinajstić information content (AvgIpc) is 3.69. The van der Waals surface area contributed by atoms with Crippen molar-refractivity contribution in [3.63, 3.8) is 0 Å². The van der Waals surface area contributed by atoms with Gasteiger partial charge in [0.15, 0.2) is 0 Å². The summed E-state index contributed by atoms with van der Waals surface area (Å²) >= 11 is 18.3. The standard InChI is InChI=1S/C42H26Cl2N2S2/c43-27-23-36(45(28-11-3-1-4-12-28)30-19-21-34-32-15-7-9-17-38(32)47-40(34)25-30)42(44)37(24-27)46(29-13-5-2-6-14-29)31-20-22-35-33-16-8-10-18-39(33)48-41(35)26-31/h1-26H. The van der Waals surface area contributed by atoms with Crippen molar-refractivity contribution < 1.29 is 0 Å². The Morgan fingerprint density at radius 3 is 1.21 bits per heavy atom. The van der Waals surface area contributed by atoms with Gasteiger partial charge in [-0.1, -0.05) is 108 Å². The molecule has 7 aromatic carbocycles. The maximum absolute atomic E-state index is 7.60. The van der Waals surface area contributed by atoms with E-state index in [4.69, 9.17) is 23.2 Å². The Labute approximate surface area is 296 Å². The van der Waals surface area contributed by atoms with E-state index in [9.17, 15) is 0 Å². The zero-order valence-corrected chi connectivity index (χ0v) is 28.6. The van der Waals surface area contributed by atoms with Gasteiger partial charge in [0.25, 0.3) is 0 Å². The van der Waals surface area contributed by atoms with Gasteiger partial charge in [0.05, 0.1) is 16.4 Å². The van der Waals surface area contributed by atoms with Crippen molar-refractivity contribution >= 4 is 120 Å². The Balaban J connectivity index is 1.25. The van der Waals surface area contributed by atoms with Crippen LogP contribution < -0.4 is 9.80 Å². The van der Waals surface area contributed by atoms with Gasteiger partial charge in [-0.05, 0) is 72.8 Å². The fraction of sp³-hybridized carbons (Fsp3) is 0. The van der Waals surface area contributed by atoms with E-state index in [1.807, 2.05) is 24.3 Å². The number of hydrogen-bond donors (Lipinski definition) is 0. The van der Waals surface area contributed by atoms with Crippen LogP contribution in [0.25, 0.3) is 40.3 Å². The second-order valence-electron chi connectivity index (χ2n) is 11.7. The number of nitrogens with zero attached hydrogens (tertiary/aromatic N) is 2. The summed E-state index contributed by atoms with van der Waals surface area (Å²) in [5, 5.41) is 6.23. The van der Waals surface area contributed by atoms with Crippen molar-refractivity contribution in [3.05, 3.63) is 168 Å². The van der Waals surface area contributed by atoms with Crippen molar-refractivity contribution in [1.29, 1.82) is 0 Å². The number of fused-ring (bicyclic) bond motifs is 6. The molecule has 0 fully saturated rings. The molecule has 48 heavy (non-hydrogen) atoms. The molecule has 0 radical (unpaired) electrons. The molecule has 0 amide bonds. The van der Waals surface area contributed by atoms with Crippen molar-refractivity contribution in [2.24, 2.45) is 0 Å². The Morgan fingerprint density at radius 2 is 0.750 bits per heavy atom. The first-order chi connectivity index (χ1) is 23.6. The smallest absolute Gasteiger partial charge is 0.0888 e. The zero-order chi connectivity index (χ0) is 32.2. The predicted molar refractivity (Wildman–Crippen MR) is 212 cm³/mol. The summed E-state index contributed by atoms with van der Waals surface area (Å²) in [7, 11) is 0. The molecular weight excluding hydrogens is 668 g/mol. The summed E-state index contributed by atoms with van der Waals surface area (Å²) < 4.78 is 4.98. The Bertz CT molecular complexity index is 2430. The lowest BCUT2D eigenvalue weighted by molar-refractivity contribution is 1.25. The van der Waals surface area contributed by atoms with Gasteiger partial charge in [0, 0.05) is 68.1 Å². The molecule has 0 atom stereocenters. The van der Waals surface area contributed by atoms with Gasteiger partial charge in [0.1, 0.15) is 0 Å². The van der Waals surface area contributed by atoms with E-state index in [1.54, 1.807) is 22.7 Å². The van der Waals surface area contributed by atoms with E-state index in [0.29, 0.717) is 10.0 Å². The van der Waals surface area contributed by atoms with E-state index in [1.165, 1.54) is 40.3 Å². The van der Waals surface area contributed by atoms with Crippen LogP contribution in [0.2, 0.25) is 10.0 Å². The Kier molecular flexibility index (Phi) is 7.33. The molecule has 0 aliphatic rings. The van der Waals surface area contributed by atoms with E-state index in [-0.39, 0.29) is 0 Å². The molecule has 9 rings (SSSR count). The molecule has 230 valence electrons. The molecule has 6 heteroatoms. The third kappa shape index (κ3) is 5.01. The summed E-state index contributed by atoms with van der Waals surface area (Å²) in [6.45, 7) is 0. The lowest BCUT2D eigenvalue weighted by Crippen LogP contribution is -2.14. The zero-order valence-electron chi connectivity index (χ0n) is 25.5. The molecule has 0 saturated carbocycles. The molecule has 0 aliphatic carbocycles. The van der Waals surface area contributed by atoms with Gasteiger partial charge in [0.2, 0.25) is 0 Å². The largest absolute Gasteiger partial charge is 0.309 e. The van der Waals surface area contributed by atoms with E-state index in [0.717, 1.165) is 34.1 Å². The molecule has 0 spiro atoms. The van der Waals surface area contributed by atoms with Gasteiger partial charge >= 0.3 is 0 Å². The number of para-hydroxylation sites is 2. The molecule has 0 aliphatic heterocycles. The summed E-state index contributed by atoms with van der Waals surface area (Å²) in [5.41, 5.74) is 5.60. The van der Waals surface area contributed by atoms with E-state index in [2.05, 4.69) is 143 Å². The van der Waals surface area contributed by atoms with Crippen LogP contribution in [0.4, 0.5) is 34.1 Å². The molecule has 0 N–H and O–H groups in total. The molecule has 2 aromatic heterocycles. The first-order valence-electron chi connectivity index (χ1n) is 15.6. The highest BCUT2D eigenvalue weighted by Gasteiger charge is 2.24. The van der Waals surface area contributed by atoms with Crippen molar-refractivity contribution in [2.45, 2.75) is 0 Å². The highest BCUT2D eigenvalue weighted by atomic mass is 35.5. The second kappa shape index (κ2) is 12.0. The molecule has 0 unspecified atom stereocenters. The monoisotopic (exact) mass is 692 g/mol. The van der Waals surface area contributed by atoms with E-state index >= 15 is 0 Å². The Hall–Kier alpha value is -4.84. The van der Waals surface area contributed by atoms with E-state index < -0.39 is 0 Å². The molecule has 2 heterocycles. The van der Waals surface area contributed by atoms with Crippen LogP contribution >= 0.6 is 45.9 Å². The van der Waals surface area contributed by atoms with Gasteiger partial charge in [-0.25, -0.2) is 0 Å². The second-order valence-corrected chi connectivity index (χ2v) is 14.6. The number of anilines is 6. The highest BCUT2D eigenvalue weighted by Crippen LogP contribution is 2.50. The molecule has 9 aromatic rings. The molecule has 2 nitrogen and oxygen atoms in total. The average molecular weight is 694 g/mol. The fourth-order valence-corrected chi connectivity index (χ4v) is 9.37. The van der Waals surface area contributed by atoms with Crippen LogP contribution in [0.3, 0.4) is 0 Å². The summed E-state index contributed by atoms with van der Waals surface area (Å²) in [5.74, 6) is 0. The van der Waals surface area contributed by atoms with Crippen LogP contribution in [-0.2, 0) is 0 Å². The van der Waals surface area contributed by atoms with Crippen LogP contribution in [0.15, 0.2) is 158 Å². The first kappa shape index (κ1) is 29.3. The predicted octanol–water partition coefficient (Wildman–Crippen LogP) is 14.7. The topological polar surface area (TPSA) is 6.48 Å². The fourth-order valence-electron chi connectivity index (χ4n) is 6.60. The van der Waals surface area contributed by atoms with Gasteiger partial charge in [-0.15, -0.1) is 22.7 Å². The summed E-state index contributed by atoms with van der Waals surface area (Å²) in [4.78, 5) is 4.42. The number of halogens is 2. The summed E-state index contributed by atoms with van der Waals surface area (Å²) in [6, 6.07) is 55.1. The van der Waals surface area contributed by atoms with Crippen molar-refractivity contribution in [3.8, 4) is 0 Å². The maximum Gasteiger partial charge on any atom is 0.0888 e.